The minimum Gasteiger partial charge on any atom is -0.453 e. The monoisotopic (exact) mass is 395 g/mol. The number of hydrogen-bond donors (Lipinski definition) is 0. The van der Waals surface area contributed by atoms with Crippen molar-refractivity contribution in [1.82, 2.24) is 4.57 Å². The first-order valence-corrected chi connectivity index (χ1v) is 10.0. The maximum Gasteiger partial charge on any atom is 0.380 e. The van der Waals surface area contributed by atoms with E-state index in [1.54, 1.807) is 0 Å². The van der Waals surface area contributed by atoms with Crippen LogP contribution >= 0.6 is 0 Å². The Morgan fingerprint density at radius 2 is 1.63 bits per heavy atom. The van der Waals surface area contributed by atoms with E-state index in [1.165, 1.54) is 11.1 Å². The summed E-state index contributed by atoms with van der Waals surface area (Å²) in [5, 5.41) is 0.803. The maximum absolute atomic E-state index is 12.8. The third kappa shape index (κ3) is 3.01. The summed E-state index contributed by atoms with van der Waals surface area (Å²) in [6, 6.07) is 22.7. The highest BCUT2D eigenvalue weighted by atomic mass is 16.5. The fourth-order valence-electron chi connectivity index (χ4n) is 4.17. The van der Waals surface area contributed by atoms with Gasteiger partial charge in [0.15, 0.2) is 0 Å². The van der Waals surface area contributed by atoms with Crippen LogP contribution in [-0.2, 0) is 22.7 Å². The fourth-order valence-corrected chi connectivity index (χ4v) is 4.17. The van der Waals surface area contributed by atoms with Gasteiger partial charge in [-0.2, -0.15) is 0 Å². The zero-order valence-electron chi connectivity index (χ0n) is 16.9. The Morgan fingerprint density at radius 3 is 2.40 bits per heavy atom. The maximum atomic E-state index is 12.8. The molecular weight excluding hydrogens is 374 g/mol. The largest absolute Gasteiger partial charge is 0.453 e. The Hall–Kier alpha value is -3.66. The minimum absolute atomic E-state index is 0.111. The number of esters is 1. The number of aromatic nitrogens is 1. The van der Waals surface area contributed by atoms with Gasteiger partial charge < -0.3 is 9.30 Å². The lowest BCUT2D eigenvalue weighted by Gasteiger charge is -2.15. The molecule has 1 aliphatic rings. The van der Waals surface area contributed by atoms with Crippen LogP contribution in [0.4, 0.5) is 0 Å². The highest BCUT2D eigenvalue weighted by Gasteiger charge is 2.33. The number of cyclic esters (lactones) is 1. The van der Waals surface area contributed by atoms with Crippen LogP contribution in [0.2, 0.25) is 0 Å². The normalized spacial score (nSPS) is 13.4. The van der Waals surface area contributed by atoms with Gasteiger partial charge in [-0.25, -0.2) is 4.79 Å². The molecule has 0 atom stereocenters. The summed E-state index contributed by atoms with van der Waals surface area (Å²) in [4.78, 5) is 24.8. The zero-order valence-corrected chi connectivity index (χ0v) is 16.9. The van der Waals surface area contributed by atoms with Gasteiger partial charge >= 0.3 is 5.97 Å². The molecule has 0 N–H and O–H groups in total. The molecule has 3 aromatic carbocycles. The molecule has 30 heavy (non-hydrogen) atoms. The molecule has 4 heteroatoms. The van der Waals surface area contributed by atoms with Crippen LogP contribution < -0.4 is 0 Å². The van der Waals surface area contributed by atoms with E-state index in [0.717, 1.165) is 33.3 Å². The average molecular weight is 395 g/mol. The number of hydrogen-bond acceptors (Lipinski definition) is 3. The number of rotatable bonds is 3. The highest BCUT2D eigenvalue weighted by molar-refractivity contribution is 6.44. The van der Waals surface area contributed by atoms with E-state index in [4.69, 9.17) is 4.74 Å². The number of fused-ring (bicyclic) bond motifs is 3. The van der Waals surface area contributed by atoms with Gasteiger partial charge in [0.05, 0.1) is 11.3 Å². The number of nitrogens with zero attached hydrogens (tertiary/aromatic N) is 1. The van der Waals surface area contributed by atoms with Crippen molar-refractivity contribution in [3.63, 3.8) is 0 Å². The van der Waals surface area contributed by atoms with Gasteiger partial charge in [0.2, 0.25) is 0 Å². The lowest BCUT2D eigenvalue weighted by atomic mass is 9.99. The molecule has 148 valence electrons. The van der Waals surface area contributed by atoms with Gasteiger partial charge in [0.25, 0.3) is 5.78 Å². The van der Waals surface area contributed by atoms with Crippen LogP contribution in [-0.4, -0.2) is 16.3 Å². The second-order valence-electron chi connectivity index (χ2n) is 7.90. The second-order valence-corrected chi connectivity index (χ2v) is 7.90. The molecule has 1 aliphatic heterocycles. The Labute approximate surface area is 174 Å². The van der Waals surface area contributed by atoms with E-state index in [9.17, 15) is 9.59 Å². The number of aryl methyl sites for hydroxylation is 2. The van der Waals surface area contributed by atoms with Crippen molar-refractivity contribution in [1.29, 1.82) is 0 Å². The van der Waals surface area contributed by atoms with Crippen LogP contribution in [0.25, 0.3) is 22.0 Å². The standard InChI is InChI=1S/C26H21NO3/c1-16-6-8-18(9-7-16)14-27-22-11-10-20(19-5-3-4-17(2)12-19)13-21(22)24-23(27)15-30-26(29)25(24)28/h3-13H,14-15H2,1-2H3. The number of carbonyl (C=O) groups excluding carboxylic acids is 2. The van der Waals surface area contributed by atoms with Gasteiger partial charge in [0.1, 0.15) is 6.61 Å². The zero-order chi connectivity index (χ0) is 20.8. The fraction of sp³-hybridized carbons (Fsp3) is 0.154. The summed E-state index contributed by atoms with van der Waals surface area (Å²) in [6.07, 6.45) is 0. The molecule has 2 heterocycles. The van der Waals surface area contributed by atoms with Crippen molar-refractivity contribution in [2.75, 3.05) is 0 Å². The van der Waals surface area contributed by atoms with Gasteiger partial charge in [-0.3, -0.25) is 4.79 Å². The predicted octanol–water partition coefficient (Wildman–Crippen LogP) is 5.21. The van der Waals surface area contributed by atoms with E-state index >= 15 is 0 Å². The van der Waals surface area contributed by atoms with Crippen LogP contribution in [0.5, 0.6) is 0 Å². The molecule has 0 radical (unpaired) electrons. The number of carbonyl (C=O) groups is 2. The SMILES string of the molecule is Cc1ccc(Cn2c3c(c4cc(-c5cccc(C)c5)ccc42)C(=O)C(=O)OC3)cc1. The predicted molar refractivity (Wildman–Crippen MR) is 117 cm³/mol. The smallest absolute Gasteiger partial charge is 0.380 e. The Kier molecular flexibility index (Phi) is 4.28. The molecule has 0 spiro atoms. The topological polar surface area (TPSA) is 48.3 Å². The summed E-state index contributed by atoms with van der Waals surface area (Å²) in [7, 11) is 0. The molecule has 0 fully saturated rings. The molecule has 0 aliphatic carbocycles. The molecule has 0 bridgehead atoms. The van der Waals surface area contributed by atoms with Crippen molar-refractivity contribution in [2.24, 2.45) is 0 Å². The van der Waals surface area contributed by atoms with Crippen LogP contribution in [0.3, 0.4) is 0 Å². The first-order valence-electron chi connectivity index (χ1n) is 10.0. The van der Waals surface area contributed by atoms with E-state index in [1.807, 2.05) is 18.2 Å². The van der Waals surface area contributed by atoms with Crippen molar-refractivity contribution >= 4 is 22.7 Å². The highest BCUT2D eigenvalue weighted by Crippen LogP contribution is 2.34. The minimum atomic E-state index is -0.780. The van der Waals surface area contributed by atoms with Gasteiger partial charge in [-0.1, -0.05) is 65.7 Å². The van der Waals surface area contributed by atoms with E-state index in [-0.39, 0.29) is 6.61 Å². The average Bonchev–Trinajstić information content (AvgIpc) is 3.06. The van der Waals surface area contributed by atoms with E-state index in [0.29, 0.717) is 12.1 Å². The van der Waals surface area contributed by atoms with Crippen LogP contribution in [0.1, 0.15) is 32.7 Å². The first-order chi connectivity index (χ1) is 14.5. The second kappa shape index (κ2) is 6.99. The molecule has 0 saturated carbocycles. The Balaban J connectivity index is 1.71. The van der Waals surface area contributed by atoms with Gasteiger partial charge in [-0.15, -0.1) is 0 Å². The number of benzene rings is 3. The summed E-state index contributed by atoms with van der Waals surface area (Å²) in [5.74, 6) is -1.34. The van der Waals surface area contributed by atoms with Crippen molar-refractivity contribution in [3.05, 3.63) is 94.7 Å². The van der Waals surface area contributed by atoms with Crippen molar-refractivity contribution < 1.29 is 14.3 Å². The lowest BCUT2D eigenvalue weighted by Crippen LogP contribution is -2.25. The van der Waals surface area contributed by atoms with Gasteiger partial charge in [-0.05, 0) is 42.7 Å². The molecule has 4 nitrogen and oxygen atoms in total. The van der Waals surface area contributed by atoms with Gasteiger partial charge in [0, 0.05) is 17.4 Å². The molecular formula is C26H21NO3. The quantitative estimate of drug-likeness (QED) is 0.353. The number of Topliss-reactive ketones (excluding diaryl/α,β-unsaturated/α-hetero) is 1. The summed E-state index contributed by atoms with van der Waals surface area (Å²) in [5.41, 5.74) is 7.78. The molecule has 5 rings (SSSR count). The molecule has 0 saturated heterocycles. The third-order valence-corrected chi connectivity index (χ3v) is 5.74. The Morgan fingerprint density at radius 1 is 0.867 bits per heavy atom. The lowest BCUT2D eigenvalue weighted by molar-refractivity contribution is -0.140. The number of ether oxygens (including phenoxy) is 1. The van der Waals surface area contributed by atoms with Crippen LogP contribution in [0.15, 0.2) is 66.7 Å². The number of ketones is 1. The molecule has 0 amide bonds. The first kappa shape index (κ1) is 18.4. The molecule has 0 unspecified atom stereocenters. The van der Waals surface area contributed by atoms with Crippen LogP contribution in [0, 0.1) is 13.8 Å². The van der Waals surface area contributed by atoms with E-state index in [2.05, 4.69) is 66.9 Å². The Bertz CT molecular complexity index is 1310. The third-order valence-electron chi connectivity index (χ3n) is 5.74. The summed E-state index contributed by atoms with van der Waals surface area (Å²) < 4.78 is 7.26. The van der Waals surface area contributed by atoms with Crippen molar-refractivity contribution in [3.8, 4) is 11.1 Å². The van der Waals surface area contributed by atoms with E-state index < -0.39 is 11.8 Å². The van der Waals surface area contributed by atoms with Crippen molar-refractivity contribution in [2.45, 2.75) is 27.0 Å². The summed E-state index contributed by atoms with van der Waals surface area (Å²) in [6.45, 7) is 4.84. The molecule has 1 aromatic heterocycles. The molecule has 4 aromatic rings. The summed E-state index contributed by atoms with van der Waals surface area (Å²) >= 11 is 0.